The van der Waals surface area contributed by atoms with Gasteiger partial charge in [-0.1, -0.05) is 25.0 Å². The third kappa shape index (κ3) is 3.78. The molecule has 1 aliphatic heterocycles. The van der Waals surface area contributed by atoms with Gasteiger partial charge in [0.05, 0.1) is 12.6 Å². The molecule has 1 atom stereocenters. The van der Waals surface area contributed by atoms with Gasteiger partial charge in [0.1, 0.15) is 0 Å². The predicted molar refractivity (Wildman–Crippen MR) is 87.7 cm³/mol. The van der Waals surface area contributed by atoms with E-state index in [1.54, 1.807) is 0 Å². The van der Waals surface area contributed by atoms with Crippen LogP contribution in [0.5, 0.6) is 0 Å². The summed E-state index contributed by atoms with van der Waals surface area (Å²) in [6, 6.07) is 7.87. The number of hydrogen-bond acceptors (Lipinski definition) is 3. The SMILES string of the molecule is Cc1cc(CNC2CC2)ccc1N1CCCCCC1CO. The lowest BCUT2D eigenvalue weighted by Gasteiger charge is -2.32. The summed E-state index contributed by atoms with van der Waals surface area (Å²) < 4.78 is 0. The Morgan fingerprint density at radius 2 is 2.05 bits per heavy atom. The van der Waals surface area contributed by atoms with Crippen LogP contribution in [0.3, 0.4) is 0 Å². The fourth-order valence-corrected chi connectivity index (χ4v) is 3.38. The molecule has 3 rings (SSSR count). The monoisotopic (exact) mass is 288 g/mol. The molecule has 1 saturated carbocycles. The highest BCUT2D eigenvalue weighted by molar-refractivity contribution is 5.55. The van der Waals surface area contributed by atoms with Gasteiger partial charge in [0.2, 0.25) is 0 Å². The predicted octanol–water partition coefficient (Wildman–Crippen LogP) is 2.99. The van der Waals surface area contributed by atoms with Gasteiger partial charge in [-0.05, 0) is 49.8 Å². The molecule has 21 heavy (non-hydrogen) atoms. The molecule has 1 aromatic rings. The first-order chi connectivity index (χ1) is 10.3. The Balaban J connectivity index is 1.73. The maximum atomic E-state index is 9.69. The van der Waals surface area contributed by atoms with E-state index >= 15 is 0 Å². The van der Waals surface area contributed by atoms with Crippen LogP contribution in [0, 0.1) is 6.92 Å². The second kappa shape index (κ2) is 6.80. The van der Waals surface area contributed by atoms with E-state index in [4.69, 9.17) is 0 Å². The van der Waals surface area contributed by atoms with Crippen molar-refractivity contribution < 1.29 is 5.11 Å². The number of aryl methyl sites for hydroxylation is 1. The van der Waals surface area contributed by atoms with Gasteiger partial charge in [-0.15, -0.1) is 0 Å². The van der Waals surface area contributed by atoms with Crippen LogP contribution in [-0.4, -0.2) is 30.3 Å². The lowest BCUT2D eigenvalue weighted by molar-refractivity contribution is 0.255. The third-order valence-electron chi connectivity index (χ3n) is 4.83. The molecule has 1 unspecified atom stereocenters. The van der Waals surface area contributed by atoms with E-state index in [0.717, 1.165) is 25.6 Å². The van der Waals surface area contributed by atoms with Gasteiger partial charge in [-0.3, -0.25) is 0 Å². The van der Waals surface area contributed by atoms with Gasteiger partial charge in [0, 0.05) is 24.8 Å². The summed E-state index contributed by atoms with van der Waals surface area (Å²) in [6.45, 7) is 4.53. The van der Waals surface area contributed by atoms with Crippen molar-refractivity contribution in [2.24, 2.45) is 0 Å². The number of aliphatic hydroxyl groups is 1. The van der Waals surface area contributed by atoms with Gasteiger partial charge in [-0.25, -0.2) is 0 Å². The summed E-state index contributed by atoms with van der Waals surface area (Å²) in [5.74, 6) is 0. The fourth-order valence-electron chi connectivity index (χ4n) is 3.38. The summed E-state index contributed by atoms with van der Waals surface area (Å²) in [5, 5.41) is 13.3. The highest BCUT2D eigenvalue weighted by Crippen LogP contribution is 2.28. The van der Waals surface area contributed by atoms with Crippen LogP contribution >= 0.6 is 0 Å². The molecule has 2 fully saturated rings. The van der Waals surface area contributed by atoms with Crippen LogP contribution in [0.4, 0.5) is 5.69 Å². The molecule has 1 heterocycles. The average Bonchev–Trinajstić information content (AvgIpc) is 3.32. The van der Waals surface area contributed by atoms with Crippen LogP contribution in [0.1, 0.15) is 49.7 Å². The zero-order chi connectivity index (χ0) is 14.7. The maximum absolute atomic E-state index is 9.69. The number of hydrogen-bond donors (Lipinski definition) is 2. The van der Waals surface area contributed by atoms with E-state index in [1.165, 1.54) is 48.9 Å². The molecule has 0 amide bonds. The van der Waals surface area contributed by atoms with Crippen LogP contribution in [0.25, 0.3) is 0 Å². The Labute approximate surface area is 128 Å². The van der Waals surface area contributed by atoms with Crippen molar-refractivity contribution in [3.8, 4) is 0 Å². The smallest absolute Gasteiger partial charge is 0.0635 e. The molecule has 2 N–H and O–H groups in total. The van der Waals surface area contributed by atoms with Crippen LogP contribution in [0.2, 0.25) is 0 Å². The third-order valence-corrected chi connectivity index (χ3v) is 4.83. The number of benzene rings is 1. The van der Waals surface area contributed by atoms with Crippen molar-refractivity contribution in [2.45, 2.75) is 64.1 Å². The van der Waals surface area contributed by atoms with E-state index in [1.807, 2.05) is 0 Å². The molecule has 3 nitrogen and oxygen atoms in total. The standard InChI is InChI=1S/C18H28N2O/c1-14-11-15(12-19-16-7-8-16)6-9-18(14)20-10-4-2-3-5-17(20)13-21/h6,9,11,16-17,19,21H,2-5,7-8,10,12-13H2,1H3. The first-order valence-corrected chi connectivity index (χ1v) is 8.48. The molecule has 1 aromatic carbocycles. The van der Waals surface area contributed by atoms with E-state index in [0.29, 0.717) is 6.04 Å². The molecule has 2 aliphatic rings. The van der Waals surface area contributed by atoms with E-state index in [-0.39, 0.29) is 6.61 Å². The summed E-state index contributed by atoms with van der Waals surface area (Å²) in [4.78, 5) is 2.43. The summed E-state index contributed by atoms with van der Waals surface area (Å²) >= 11 is 0. The van der Waals surface area contributed by atoms with Crippen molar-refractivity contribution in [3.05, 3.63) is 29.3 Å². The maximum Gasteiger partial charge on any atom is 0.0635 e. The highest BCUT2D eigenvalue weighted by Gasteiger charge is 2.22. The topological polar surface area (TPSA) is 35.5 Å². The number of anilines is 1. The summed E-state index contributed by atoms with van der Waals surface area (Å²) in [5.41, 5.74) is 4.02. The second-order valence-electron chi connectivity index (χ2n) is 6.66. The minimum Gasteiger partial charge on any atom is -0.394 e. The number of nitrogens with zero attached hydrogens (tertiary/aromatic N) is 1. The first-order valence-electron chi connectivity index (χ1n) is 8.48. The molecule has 1 saturated heterocycles. The molecule has 0 aromatic heterocycles. The lowest BCUT2D eigenvalue weighted by atomic mass is 10.1. The minimum absolute atomic E-state index is 0.268. The zero-order valence-electron chi connectivity index (χ0n) is 13.1. The molecule has 116 valence electrons. The Hall–Kier alpha value is -1.06. The fraction of sp³-hybridized carbons (Fsp3) is 0.667. The Bertz CT molecular complexity index is 470. The molecule has 0 spiro atoms. The van der Waals surface area contributed by atoms with Gasteiger partial charge < -0.3 is 15.3 Å². The van der Waals surface area contributed by atoms with E-state index < -0.39 is 0 Å². The van der Waals surface area contributed by atoms with Crippen LogP contribution in [0.15, 0.2) is 18.2 Å². The van der Waals surface area contributed by atoms with Gasteiger partial charge in [-0.2, -0.15) is 0 Å². The first kappa shape index (κ1) is 14.9. The van der Waals surface area contributed by atoms with Crippen molar-refractivity contribution in [1.29, 1.82) is 0 Å². The van der Waals surface area contributed by atoms with Crippen molar-refractivity contribution in [1.82, 2.24) is 5.32 Å². The zero-order valence-corrected chi connectivity index (χ0v) is 13.1. The number of aliphatic hydroxyl groups excluding tert-OH is 1. The molecular formula is C18H28N2O. The molecular weight excluding hydrogens is 260 g/mol. The summed E-state index contributed by atoms with van der Waals surface area (Å²) in [7, 11) is 0. The normalized spacial score (nSPS) is 23.1. The average molecular weight is 288 g/mol. The molecule has 0 radical (unpaired) electrons. The van der Waals surface area contributed by atoms with E-state index in [9.17, 15) is 5.11 Å². The van der Waals surface area contributed by atoms with Crippen LogP contribution in [-0.2, 0) is 6.54 Å². The van der Waals surface area contributed by atoms with Crippen molar-refractivity contribution >= 4 is 5.69 Å². The Kier molecular flexibility index (Phi) is 4.81. The number of nitrogens with one attached hydrogen (secondary N) is 1. The van der Waals surface area contributed by atoms with Gasteiger partial charge in [0.25, 0.3) is 0 Å². The lowest BCUT2D eigenvalue weighted by Crippen LogP contribution is -2.38. The van der Waals surface area contributed by atoms with Crippen LogP contribution < -0.4 is 10.2 Å². The Morgan fingerprint density at radius 1 is 1.19 bits per heavy atom. The quantitative estimate of drug-likeness (QED) is 0.874. The second-order valence-corrected chi connectivity index (χ2v) is 6.66. The van der Waals surface area contributed by atoms with Gasteiger partial charge >= 0.3 is 0 Å². The van der Waals surface area contributed by atoms with Crippen molar-refractivity contribution in [2.75, 3.05) is 18.1 Å². The molecule has 1 aliphatic carbocycles. The van der Waals surface area contributed by atoms with Gasteiger partial charge in [0.15, 0.2) is 0 Å². The number of rotatable bonds is 5. The highest BCUT2D eigenvalue weighted by atomic mass is 16.3. The Morgan fingerprint density at radius 3 is 2.76 bits per heavy atom. The molecule has 3 heteroatoms. The minimum atomic E-state index is 0.268. The van der Waals surface area contributed by atoms with Crippen molar-refractivity contribution in [3.63, 3.8) is 0 Å². The largest absolute Gasteiger partial charge is 0.394 e. The summed E-state index contributed by atoms with van der Waals surface area (Å²) in [6.07, 6.45) is 7.55. The molecule has 0 bridgehead atoms. The van der Waals surface area contributed by atoms with E-state index in [2.05, 4.69) is 35.3 Å².